The van der Waals surface area contributed by atoms with Gasteiger partial charge in [-0.1, -0.05) is 18.2 Å². The second-order valence-electron chi connectivity index (χ2n) is 7.11. The second kappa shape index (κ2) is 7.48. The number of alkyl halides is 1. The molecule has 1 heterocycles. The molecule has 2 unspecified atom stereocenters. The van der Waals surface area contributed by atoms with Crippen molar-refractivity contribution in [3.63, 3.8) is 0 Å². The third-order valence-electron chi connectivity index (χ3n) is 4.93. The van der Waals surface area contributed by atoms with E-state index in [1.165, 1.54) is 18.3 Å². The van der Waals surface area contributed by atoms with Crippen molar-refractivity contribution in [3.05, 3.63) is 65.2 Å². The number of amides is 1. The molecule has 5 N–H and O–H groups in total. The summed E-state index contributed by atoms with van der Waals surface area (Å²) in [5, 5.41) is 13.3. The van der Waals surface area contributed by atoms with Crippen molar-refractivity contribution in [3.8, 4) is 0 Å². The van der Waals surface area contributed by atoms with E-state index in [1.807, 2.05) is 7.85 Å². The number of carbonyl (C=O) groups is 1. The first-order valence-corrected chi connectivity index (χ1v) is 8.69. The molecule has 1 aliphatic carbocycles. The average Bonchev–Trinajstić information content (AvgIpc) is 2.60. The molecule has 0 radical (unpaired) electrons. The summed E-state index contributed by atoms with van der Waals surface area (Å²) >= 11 is 0. The van der Waals surface area contributed by atoms with E-state index in [4.69, 9.17) is 11.1 Å². The topological polar surface area (TPSA) is 91.0 Å². The number of benzene rings is 1. The Balaban J connectivity index is 1.77. The Bertz CT molecular complexity index is 880. The van der Waals surface area contributed by atoms with E-state index in [2.05, 4.69) is 10.6 Å². The Labute approximate surface area is 157 Å². The van der Waals surface area contributed by atoms with Gasteiger partial charge in [0.05, 0.1) is 11.3 Å². The number of halogens is 2. The van der Waals surface area contributed by atoms with Crippen LogP contribution in [-0.2, 0) is 10.1 Å². The number of piperidine rings is 1. The van der Waals surface area contributed by atoms with Crippen LogP contribution >= 0.6 is 0 Å². The molecule has 1 amide bonds. The summed E-state index contributed by atoms with van der Waals surface area (Å²) in [7, 11) is 1.85. The van der Waals surface area contributed by atoms with Gasteiger partial charge in [-0.25, -0.2) is 8.78 Å². The van der Waals surface area contributed by atoms with Gasteiger partial charge in [0.15, 0.2) is 0 Å². The number of rotatable bonds is 4. The van der Waals surface area contributed by atoms with Crippen molar-refractivity contribution in [2.45, 2.75) is 17.9 Å². The molecule has 1 aromatic carbocycles. The number of hydrogen-bond donors (Lipinski definition) is 4. The van der Waals surface area contributed by atoms with Gasteiger partial charge >= 0.3 is 0 Å². The molecule has 8 heteroatoms. The third kappa shape index (κ3) is 4.00. The van der Waals surface area contributed by atoms with E-state index in [9.17, 15) is 13.6 Å². The van der Waals surface area contributed by atoms with Crippen LogP contribution in [0, 0.1) is 11.2 Å². The predicted molar refractivity (Wildman–Crippen MR) is 105 cm³/mol. The highest BCUT2D eigenvalue weighted by Crippen LogP contribution is 2.32. The zero-order chi connectivity index (χ0) is 19.6. The number of nitrogens with one attached hydrogen (secondary N) is 3. The predicted octanol–water partition coefficient (Wildman–Crippen LogP) is 1.28. The molecule has 2 atom stereocenters. The van der Waals surface area contributed by atoms with E-state index in [0.717, 1.165) is 0 Å². The van der Waals surface area contributed by atoms with Crippen LogP contribution in [0.4, 0.5) is 14.5 Å². The van der Waals surface area contributed by atoms with Gasteiger partial charge in [-0.3, -0.25) is 10.2 Å². The molecule has 0 saturated carbocycles. The van der Waals surface area contributed by atoms with Gasteiger partial charge in [0, 0.05) is 24.0 Å². The molecule has 3 rings (SSSR count). The summed E-state index contributed by atoms with van der Waals surface area (Å²) < 4.78 is 28.4. The smallest absolute Gasteiger partial charge is 0.250 e. The maximum atomic E-state index is 14.7. The van der Waals surface area contributed by atoms with Crippen LogP contribution in [0.25, 0.3) is 0 Å². The molecule has 1 saturated heterocycles. The normalized spacial score (nSPS) is 26.7. The van der Waals surface area contributed by atoms with E-state index < -0.39 is 23.2 Å². The number of hydrogen-bond acceptors (Lipinski definition) is 4. The highest BCUT2D eigenvalue weighted by Gasteiger charge is 2.35. The summed E-state index contributed by atoms with van der Waals surface area (Å²) in [6.07, 6.45) is 5.56. The molecule has 0 spiro atoms. The fourth-order valence-electron chi connectivity index (χ4n) is 3.49. The highest BCUT2D eigenvalue weighted by molar-refractivity contribution is 6.28. The molecule has 0 aromatic heterocycles. The Morgan fingerprint density at radius 2 is 2.26 bits per heavy atom. The number of allylic oxidation sites excluding steroid dienone is 4. The maximum Gasteiger partial charge on any atom is 0.250 e. The van der Waals surface area contributed by atoms with Gasteiger partial charge in [0.1, 0.15) is 19.8 Å². The molecule has 0 bridgehead atoms. The molecular weight excluding hydrogens is 349 g/mol. The highest BCUT2D eigenvalue weighted by atomic mass is 19.1. The van der Waals surface area contributed by atoms with Crippen molar-refractivity contribution in [1.29, 1.82) is 5.41 Å². The second-order valence-corrected chi connectivity index (χ2v) is 7.11. The molecular formula is C19H21BF2N4O. The van der Waals surface area contributed by atoms with Crippen molar-refractivity contribution in [2.24, 2.45) is 5.73 Å². The van der Waals surface area contributed by atoms with E-state index >= 15 is 0 Å². The van der Waals surface area contributed by atoms with Gasteiger partial charge in [0.2, 0.25) is 0 Å². The van der Waals surface area contributed by atoms with Crippen molar-refractivity contribution in [1.82, 2.24) is 5.32 Å². The van der Waals surface area contributed by atoms with E-state index in [1.54, 1.807) is 24.3 Å². The minimum atomic E-state index is -0.998. The molecule has 1 aliphatic heterocycles. The van der Waals surface area contributed by atoms with Crippen LogP contribution in [0.1, 0.15) is 12.0 Å². The number of primary amides is 1. The summed E-state index contributed by atoms with van der Waals surface area (Å²) in [5.74, 6) is -1.09. The largest absolute Gasteiger partial charge is 0.366 e. The van der Waals surface area contributed by atoms with Gasteiger partial charge in [-0.2, -0.15) is 0 Å². The standard InChI is InChI=1S/C19H21BF2N4O/c20-19(7-12(21)9-25-10-19)15-5-4-13(6-16(15)22)26-8-11-2-1-3-14(17(11)23)18(24)27/h1-6,8,12,23,25-26H,7,9-10,20H2,(H2,24,27)/b11-8-,23-17?. The van der Waals surface area contributed by atoms with Gasteiger partial charge in [-0.05, 0) is 42.1 Å². The Morgan fingerprint density at radius 1 is 1.48 bits per heavy atom. The fourth-order valence-corrected chi connectivity index (χ4v) is 3.49. The lowest BCUT2D eigenvalue weighted by atomic mass is 9.60. The van der Waals surface area contributed by atoms with E-state index in [0.29, 0.717) is 29.9 Å². The van der Waals surface area contributed by atoms with Gasteiger partial charge in [0.25, 0.3) is 5.91 Å². The van der Waals surface area contributed by atoms with Crippen molar-refractivity contribution in [2.75, 3.05) is 18.4 Å². The quantitative estimate of drug-likeness (QED) is 0.602. The monoisotopic (exact) mass is 370 g/mol. The van der Waals surface area contributed by atoms with Gasteiger partial charge < -0.3 is 16.4 Å². The lowest BCUT2D eigenvalue weighted by molar-refractivity contribution is -0.114. The zero-order valence-electron chi connectivity index (χ0n) is 15.0. The SMILES string of the molecule is BC1(c2ccc(N/C=C3/C=CC=C(C(N)=O)C3=N)cc2F)CNCC(F)C1. The summed E-state index contributed by atoms with van der Waals surface area (Å²) in [6.45, 7) is 0.816. The lowest BCUT2D eigenvalue weighted by Gasteiger charge is -2.36. The Kier molecular flexibility index (Phi) is 5.27. The van der Waals surface area contributed by atoms with Crippen molar-refractivity contribution >= 4 is 25.2 Å². The van der Waals surface area contributed by atoms with Crippen LogP contribution in [-0.4, -0.2) is 38.7 Å². The van der Waals surface area contributed by atoms with Crippen LogP contribution in [0.15, 0.2) is 53.8 Å². The number of anilines is 1. The molecule has 27 heavy (non-hydrogen) atoms. The summed E-state index contributed by atoms with van der Waals surface area (Å²) in [5.41, 5.74) is 6.79. The van der Waals surface area contributed by atoms with Crippen LogP contribution in [0.5, 0.6) is 0 Å². The molecule has 5 nitrogen and oxygen atoms in total. The van der Waals surface area contributed by atoms with Crippen molar-refractivity contribution < 1.29 is 13.6 Å². The fraction of sp³-hybridized carbons (Fsp3) is 0.263. The summed E-state index contributed by atoms with van der Waals surface area (Å²) in [4.78, 5) is 11.3. The minimum absolute atomic E-state index is 0.00405. The Morgan fingerprint density at radius 3 is 2.93 bits per heavy atom. The summed E-state index contributed by atoms with van der Waals surface area (Å²) in [6, 6.07) is 4.72. The number of carbonyl (C=O) groups excluding carboxylic acids is 1. The molecule has 1 aromatic rings. The lowest BCUT2D eigenvalue weighted by Crippen LogP contribution is -2.49. The van der Waals surface area contributed by atoms with Gasteiger partial charge in [-0.15, -0.1) is 0 Å². The first-order valence-electron chi connectivity index (χ1n) is 8.69. The van der Waals surface area contributed by atoms with Crippen LogP contribution in [0.3, 0.4) is 0 Å². The molecule has 140 valence electrons. The third-order valence-corrected chi connectivity index (χ3v) is 4.93. The maximum absolute atomic E-state index is 14.7. The number of nitrogens with two attached hydrogens (primary N) is 1. The average molecular weight is 370 g/mol. The first-order chi connectivity index (χ1) is 12.8. The molecule has 2 aliphatic rings. The minimum Gasteiger partial charge on any atom is -0.366 e. The van der Waals surface area contributed by atoms with E-state index in [-0.39, 0.29) is 17.7 Å². The van der Waals surface area contributed by atoms with Crippen LogP contribution < -0.4 is 16.4 Å². The van der Waals surface area contributed by atoms with Crippen LogP contribution in [0.2, 0.25) is 0 Å². The Hall–Kier alpha value is -2.74. The molecule has 1 fully saturated rings. The zero-order valence-corrected chi connectivity index (χ0v) is 15.0. The first kappa shape index (κ1) is 19.0.